The van der Waals surface area contributed by atoms with Crippen molar-refractivity contribution in [2.75, 3.05) is 0 Å². The van der Waals surface area contributed by atoms with Gasteiger partial charge in [-0.05, 0) is 19.3 Å². The van der Waals surface area contributed by atoms with Crippen molar-refractivity contribution in [2.24, 2.45) is 11.8 Å². The van der Waals surface area contributed by atoms with E-state index in [2.05, 4.69) is 0 Å². The van der Waals surface area contributed by atoms with Crippen LogP contribution >= 0.6 is 0 Å². The number of carbonyl (C=O) groups is 1. The van der Waals surface area contributed by atoms with Gasteiger partial charge in [0, 0.05) is 0 Å². The molecular formula is C6H12N2O2. The Bertz CT molecular complexity index is 138. The summed E-state index contributed by atoms with van der Waals surface area (Å²) in [4.78, 5) is 10.8. The smallest absolute Gasteiger partial charge is 0.239 e. The van der Waals surface area contributed by atoms with Gasteiger partial charge in [0.2, 0.25) is 5.91 Å². The molecule has 1 amide bonds. The van der Waals surface area contributed by atoms with Crippen LogP contribution < -0.4 is 11.3 Å². The Morgan fingerprint density at radius 3 is 2.70 bits per heavy atom. The molecule has 0 spiro atoms. The molecule has 1 fully saturated rings. The molecule has 0 heterocycles. The van der Waals surface area contributed by atoms with Crippen molar-refractivity contribution in [3.05, 3.63) is 0 Å². The maximum Gasteiger partial charge on any atom is 0.239 e. The average molecular weight is 144 g/mol. The molecule has 58 valence electrons. The Morgan fingerprint density at radius 1 is 1.60 bits per heavy atom. The van der Waals surface area contributed by atoms with Crippen LogP contribution in [-0.2, 0) is 4.79 Å². The molecule has 1 aliphatic rings. The zero-order valence-electron chi connectivity index (χ0n) is 5.71. The first-order chi connectivity index (χ1) is 4.75. The fraction of sp³-hybridized carbons (Fsp3) is 0.833. The van der Waals surface area contributed by atoms with Gasteiger partial charge in [-0.15, -0.1) is 0 Å². The van der Waals surface area contributed by atoms with Gasteiger partial charge >= 0.3 is 0 Å². The van der Waals surface area contributed by atoms with E-state index < -0.39 is 6.10 Å². The van der Waals surface area contributed by atoms with Crippen LogP contribution in [0.2, 0.25) is 0 Å². The Hall–Kier alpha value is -0.610. The summed E-state index contributed by atoms with van der Waals surface area (Å²) >= 11 is 0. The maximum atomic E-state index is 10.8. The van der Waals surface area contributed by atoms with Crippen molar-refractivity contribution < 1.29 is 9.90 Å². The van der Waals surface area contributed by atoms with E-state index in [9.17, 15) is 9.90 Å². The minimum absolute atomic E-state index is 0.245. The molecule has 0 aromatic rings. The van der Waals surface area contributed by atoms with Crippen LogP contribution in [0.4, 0.5) is 0 Å². The van der Waals surface area contributed by atoms with Crippen LogP contribution in [0.5, 0.6) is 0 Å². The van der Waals surface area contributed by atoms with E-state index in [1.165, 1.54) is 0 Å². The second-order valence-electron chi connectivity index (χ2n) is 2.61. The monoisotopic (exact) mass is 144 g/mol. The van der Waals surface area contributed by atoms with Crippen LogP contribution in [0.3, 0.4) is 0 Å². The predicted octanol–water partition coefficient (Wildman–Crippen LogP) is -0.863. The van der Waals surface area contributed by atoms with Crippen molar-refractivity contribution in [1.29, 1.82) is 0 Å². The topological polar surface area (TPSA) is 75.3 Å². The molecule has 1 unspecified atom stereocenters. The fourth-order valence-electron chi connectivity index (χ4n) is 1.35. The van der Waals surface area contributed by atoms with Crippen molar-refractivity contribution in [2.45, 2.75) is 25.4 Å². The summed E-state index contributed by atoms with van der Waals surface area (Å²) in [6.45, 7) is 0. The molecule has 10 heavy (non-hydrogen) atoms. The van der Waals surface area contributed by atoms with Gasteiger partial charge < -0.3 is 5.11 Å². The molecule has 4 heteroatoms. The lowest BCUT2D eigenvalue weighted by Crippen LogP contribution is -2.38. The fourth-order valence-corrected chi connectivity index (χ4v) is 1.35. The van der Waals surface area contributed by atoms with Gasteiger partial charge in [0.05, 0.1) is 12.0 Å². The van der Waals surface area contributed by atoms with Gasteiger partial charge in [0.1, 0.15) is 0 Å². The van der Waals surface area contributed by atoms with Crippen LogP contribution in [-0.4, -0.2) is 17.1 Å². The largest absolute Gasteiger partial charge is 0.392 e. The number of aliphatic hydroxyl groups is 1. The highest BCUT2D eigenvalue weighted by molar-refractivity contribution is 5.78. The zero-order chi connectivity index (χ0) is 7.56. The van der Waals surface area contributed by atoms with Crippen molar-refractivity contribution >= 4 is 5.91 Å². The van der Waals surface area contributed by atoms with Crippen molar-refractivity contribution in [3.8, 4) is 0 Å². The number of hydrogen-bond donors (Lipinski definition) is 3. The van der Waals surface area contributed by atoms with E-state index in [0.29, 0.717) is 0 Å². The molecule has 1 rings (SSSR count). The van der Waals surface area contributed by atoms with Gasteiger partial charge in [0.15, 0.2) is 0 Å². The Balaban J connectivity index is 2.46. The summed E-state index contributed by atoms with van der Waals surface area (Å²) in [5, 5.41) is 9.17. The van der Waals surface area contributed by atoms with Gasteiger partial charge in [-0.1, -0.05) is 0 Å². The second kappa shape index (κ2) is 2.98. The summed E-state index contributed by atoms with van der Waals surface area (Å²) in [5.74, 6) is 4.38. The van der Waals surface area contributed by atoms with Gasteiger partial charge in [-0.3, -0.25) is 10.2 Å². The van der Waals surface area contributed by atoms with Gasteiger partial charge in [-0.2, -0.15) is 0 Å². The van der Waals surface area contributed by atoms with Crippen molar-refractivity contribution in [3.63, 3.8) is 0 Å². The normalized spacial score (nSPS) is 32.2. The SMILES string of the molecule is NNC(=O)[C@@H]1CCCC1O. The average Bonchev–Trinajstić information content (AvgIpc) is 2.34. The van der Waals surface area contributed by atoms with Gasteiger partial charge in [0.25, 0.3) is 0 Å². The maximum absolute atomic E-state index is 10.8. The first-order valence-corrected chi connectivity index (χ1v) is 3.44. The lowest BCUT2D eigenvalue weighted by Gasteiger charge is -2.10. The lowest BCUT2D eigenvalue weighted by molar-refractivity contribution is -0.127. The van der Waals surface area contributed by atoms with E-state index in [4.69, 9.17) is 5.84 Å². The first-order valence-electron chi connectivity index (χ1n) is 3.44. The third kappa shape index (κ3) is 1.27. The van der Waals surface area contributed by atoms with Gasteiger partial charge in [-0.25, -0.2) is 5.84 Å². The number of nitrogens with two attached hydrogens (primary N) is 1. The number of carbonyl (C=O) groups excluding carboxylic acids is 1. The Morgan fingerprint density at radius 2 is 2.30 bits per heavy atom. The second-order valence-corrected chi connectivity index (χ2v) is 2.61. The third-order valence-electron chi connectivity index (χ3n) is 1.96. The Kier molecular flexibility index (Phi) is 2.24. The molecular weight excluding hydrogens is 132 g/mol. The molecule has 0 aromatic heterocycles. The van der Waals surface area contributed by atoms with E-state index >= 15 is 0 Å². The summed E-state index contributed by atoms with van der Waals surface area (Å²) < 4.78 is 0. The molecule has 0 saturated heterocycles. The van der Waals surface area contributed by atoms with E-state index in [1.807, 2.05) is 5.43 Å². The number of nitrogens with one attached hydrogen (secondary N) is 1. The standard InChI is InChI=1S/C6H12N2O2/c7-8-6(10)4-2-1-3-5(4)9/h4-5,9H,1-3,7H2,(H,8,10)/t4-,5?/m1/s1. The minimum Gasteiger partial charge on any atom is -0.392 e. The molecule has 4 N–H and O–H groups in total. The highest BCUT2D eigenvalue weighted by Gasteiger charge is 2.30. The molecule has 0 bridgehead atoms. The van der Waals surface area contributed by atoms with Crippen LogP contribution in [0.15, 0.2) is 0 Å². The zero-order valence-corrected chi connectivity index (χ0v) is 5.71. The number of rotatable bonds is 1. The molecule has 2 atom stereocenters. The van der Waals surface area contributed by atoms with E-state index in [0.717, 1.165) is 19.3 Å². The number of aliphatic hydroxyl groups excluding tert-OH is 1. The predicted molar refractivity (Wildman–Crippen MR) is 35.7 cm³/mol. The molecule has 0 aliphatic heterocycles. The molecule has 4 nitrogen and oxygen atoms in total. The van der Waals surface area contributed by atoms with E-state index in [-0.39, 0.29) is 11.8 Å². The number of hydrazine groups is 1. The van der Waals surface area contributed by atoms with Crippen LogP contribution in [0, 0.1) is 5.92 Å². The van der Waals surface area contributed by atoms with Crippen LogP contribution in [0.1, 0.15) is 19.3 Å². The molecule has 1 aliphatic carbocycles. The highest BCUT2D eigenvalue weighted by Crippen LogP contribution is 2.24. The summed E-state index contributed by atoms with van der Waals surface area (Å²) in [5.41, 5.74) is 2.04. The minimum atomic E-state index is -0.483. The molecule has 1 saturated carbocycles. The summed E-state index contributed by atoms with van der Waals surface area (Å²) in [6, 6.07) is 0. The molecule has 0 aromatic carbocycles. The van der Waals surface area contributed by atoms with Crippen molar-refractivity contribution in [1.82, 2.24) is 5.43 Å². The van der Waals surface area contributed by atoms with E-state index in [1.54, 1.807) is 0 Å². The highest BCUT2D eigenvalue weighted by atomic mass is 16.3. The Labute approximate surface area is 59.4 Å². The lowest BCUT2D eigenvalue weighted by atomic mass is 10.1. The molecule has 0 radical (unpaired) electrons. The number of amides is 1. The summed E-state index contributed by atoms with van der Waals surface area (Å²) in [6.07, 6.45) is 1.91. The van der Waals surface area contributed by atoms with Crippen LogP contribution in [0.25, 0.3) is 0 Å². The number of hydrogen-bond acceptors (Lipinski definition) is 3. The quantitative estimate of drug-likeness (QED) is 0.254. The third-order valence-corrected chi connectivity index (χ3v) is 1.96. The first kappa shape index (κ1) is 7.50. The summed E-state index contributed by atoms with van der Waals surface area (Å²) in [7, 11) is 0.